The monoisotopic (exact) mass is 424 g/mol. The Morgan fingerprint density at radius 1 is 0.839 bits per heavy atom. The Kier molecular flexibility index (Phi) is 6.66. The van der Waals surface area contributed by atoms with E-state index in [9.17, 15) is 4.79 Å². The Labute approximate surface area is 184 Å². The lowest BCUT2D eigenvalue weighted by Gasteiger charge is -2.35. The van der Waals surface area contributed by atoms with Gasteiger partial charge in [-0.25, -0.2) is 0 Å². The summed E-state index contributed by atoms with van der Waals surface area (Å²) in [5.74, 6) is 3.10. The Balaban J connectivity index is 1.33. The van der Waals surface area contributed by atoms with Gasteiger partial charge in [-0.05, 0) is 73.7 Å². The Hall–Kier alpha value is -2.73. The number of methoxy groups -OCH3 is 3. The van der Waals surface area contributed by atoms with Crippen LogP contribution in [0.4, 0.5) is 0 Å². The van der Waals surface area contributed by atoms with Crippen molar-refractivity contribution >= 4 is 5.91 Å². The molecule has 6 nitrogen and oxygen atoms in total. The summed E-state index contributed by atoms with van der Waals surface area (Å²) in [5, 5.41) is 0. The van der Waals surface area contributed by atoms with Gasteiger partial charge in [0.15, 0.2) is 11.5 Å². The number of hydrogen-bond acceptors (Lipinski definition) is 5. The Morgan fingerprint density at radius 3 is 2.19 bits per heavy atom. The number of carbonyl (C=O) groups is 1. The molecule has 2 aliphatic rings. The van der Waals surface area contributed by atoms with E-state index in [2.05, 4.69) is 17.0 Å². The number of amides is 1. The number of piperidine rings is 1. The smallest absolute Gasteiger partial charge is 0.240 e. The van der Waals surface area contributed by atoms with Gasteiger partial charge in [-0.3, -0.25) is 9.69 Å². The standard InChI is InChI=1S/C25H32N2O4/c1-29-21-7-5-19(6-8-21)20-10-13-26(14-11-20)22-12-15-27(25(22)28)17-18-4-9-23(30-2)24(16-18)31-3/h4-9,16,20,22H,10-15,17H2,1-3H3/t22-/m1/s1. The van der Waals surface area contributed by atoms with Gasteiger partial charge in [0.2, 0.25) is 5.91 Å². The predicted octanol–water partition coefficient (Wildman–Crippen LogP) is 3.69. The number of hydrogen-bond donors (Lipinski definition) is 0. The molecule has 166 valence electrons. The van der Waals surface area contributed by atoms with E-state index in [0.717, 1.165) is 50.2 Å². The molecule has 6 heteroatoms. The van der Waals surface area contributed by atoms with Gasteiger partial charge in [-0.1, -0.05) is 18.2 Å². The second-order valence-electron chi connectivity index (χ2n) is 8.34. The highest BCUT2D eigenvalue weighted by Crippen LogP contribution is 2.33. The number of carbonyl (C=O) groups excluding carboxylic acids is 1. The zero-order valence-corrected chi connectivity index (χ0v) is 18.7. The van der Waals surface area contributed by atoms with Crippen LogP contribution in [0.1, 0.15) is 36.3 Å². The van der Waals surface area contributed by atoms with Crippen LogP contribution in [-0.2, 0) is 11.3 Å². The van der Waals surface area contributed by atoms with Gasteiger partial charge >= 0.3 is 0 Å². The first-order valence-electron chi connectivity index (χ1n) is 11.0. The van der Waals surface area contributed by atoms with Crippen LogP contribution >= 0.6 is 0 Å². The molecular formula is C25H32N2O4. The number of ether oxygens (including phenoxy) is 3. The summed E-state index contributed by atoms with van der Waals surface area (Å²) in [4.78, 5) is 17.5. The lowest BCUT2D eigenvalue weighted by molar-refractivity contribution is -0.133. The number of nitrogens with zero attached hydrogens (tertiary/aromatic N) is 2. The third-order valence-electron chi connectivity index (χ3n) is 6.65. The van der Waals surface area contributed by atoms with Crippen molar-refractivity contribution in [2.75, 3.05) is 41.0 Å². The molecular weight excluding hydrogens is 392 g/mol. The molecule has 0 bridgehead atoms. The molecule has 1 atom stereocenters. The number of likely N-dealkylation sites (tertiary alicyclic amines) is 2. The quantitative estimate of drug-likeness (QED) is 0.679. The van der Waals surface area contributed by atoms with Crippen LogP contribution < -0.4 is 14.2 Å². The molecule has 31 heavy (non-hydrogen) atoms. The van der Waals surface area contributed by atoms with Crippen molar-refractivity contribution in [3.8, 4) is 17.2 Å². The molecule has 0 saturated carbocycles. The van der Waals surface area contributed by atoms with E-state index >= 15 is 0 Å². The summed E-state index contributed by atoms with van der Waals surface area (Å²) in [7, 11) is 4.96. The molecule has 2 aliphatic heterocycles. The predicted molar refractivity (Wildman–Crippen MR) is 120 cm³/mol. The molecule has 2 heterocycles. The van der Waals surface area contributed by atoms with Crippen molar-refractivity contribution in [3.05, 3.63) is 53.6 Å². The molecule has 0 aromatic heterocycles. The van der Waals surface area contributed by atoms with Gasteiger partial charge in [0, 0.05) is 13.1 Å². The van der Waals surface area contributed by atoms with Crippen LogP contribution in [0.5, 0.6) is 17.2 Å². The average molecular weight is 425 g/mol. The van der Waals surface area contributed by atoms with Crippen molar-refractivity contribution in [1.82, 2.24) is 9.80 Å². The molecule has 0 aliphatic carbocycles. The summed E-state index contributed by atoms with van der Waals surface area (Å²) in [6.45, 7) is 3.35. The maximum Gasteiger partial charge on any atom is 0.240 e. The minimum Gasteiger partial charge on any atom is -0.497 e. The van der Waals surface area contributed by atoms with E-state index in [1.165, 1.54) is 5.56 Å². The second kappa shape index (κ2) is 9.60. The number of benzene rings is 2. The fourth-order valence-corrected chi connectivity index (χ4v) is 4.84. The minimum absolute atomic E-state index is 0.0111. The Bertz CT molecular complexity index is 891. The molecule has 0 radical (unpaired) electrons. The SMILES string of the molecule is COc1ccc(C2CCN([C@@H]3CCN(Cc4ccc(OC)c(OC)c4)C3=O)CC2)cc1. The van der Waals surface area contributed by atoms with Crippen LogP contribution in [0.2, 0.25) is 0 Å². The normalized spacial score (nSPS) is 20.2. The summed E-state index contributed by atoms with van der Waals surface area (Å²) < 4.78 is 16.0. The van der Waals surface area contributed by atoms with Crippen molar-refractivity contribution in [2.24, 2.45) is 0 Å². The average Bonchev–Trinajstić information content (AvgIpc) is 3.19. The molecule has 0 N–H and O–H groups in total. The summed E-state index contributed by atoms with van der Waals surface area (Å²) >= 11 is 0. The molecule has 2 aromatic rings. The van der Waals surface area contributed by atoms with Gasteiger partial charge in [-0.2, -0.15) is 0 Å². The van der Waals surface area contributed by atoms with Gasteiger partial charge in [0.1, 0.15) is 5.75 Å². The third kappa shape index (κ3) is 4.64. The Morgan fingerprint density at radius 2 is 1.55 bits per heavy atom. The second-order valence-corrected chi connectivity index (χ2v) is 8.34. The number of rotatable bonds is 7. The third-order valence-corrected chi connectivity index (χ3v) is 6.65. The minimum atomic E-state index is 0.0111. The zero-order valence-electron chi connectivity index (χ0n) is 18.7. The maximum atomic E-state index is 13.1. The van der Waals surface area contributed by atoms with E-state index in [0.29, 0.717) is 24.0 Å². The lowest BCUT2D eigenvalue weighted by Crippen LogP contribution is -2.45. The first-order valence-corrected chi connectivity index (χ1v) is 11.0. The molecule has 4 rings (SSSR count). The molecule has 2 fully saturated rings. The lowest BCUT2D eigenvalue weighted by atomic mass is 9.89. The topological polar surface area (TPSA) is 51.2 Å². The highest BCUT2D eigenvalue weighted by molar-refractivity contribution is 5.84. The van der Waals surface area contributed by atoms with Gasteiger partial charge < -0.3 is 19.1 Å². The highest BCUT2D eigenvalue weighted by Gasteiger charge is 2.37. The van der Waals surface area contributed by atoms with Crippen LogP contribution in [0.25, 0.3) is 0 Å². The summed E-state index contributed by atoms with van der Waals surface area (Å²) in [6.07, 6.45) is 3.08. The van der Waals surface area contributed by atoms with Crippen LogP contribution in [-0.4, -0.2) is 62.7 Å². The maximum absolute atomic E-state index is 13.1. The van der Waals surface area contributed by atoms with Crippen LogP contribution in [0.3, 0.4) is 0 Å². The van der Waals surface area contributed by atoms with E-state index in [1.807, 2.05) is 35.2 Å². The fraction of sp³-hybridized carbons (Fsp3) is 0.480. The highest BCUT2D eigenvalue weighted by atomic mass is 16.5. The molecule has 2 saturated heterocycles. The molecule has 0 spiro atoms. The van der Waals surface area contributed by atoms with Crippen molar-refractivity contribution in [2.45, 2.75) is 37.8 Å². The van der Waals surface area contributed by atoms with Crippen molar-refractivity contribution in [1.29, 1.82) is 0 Å². The van der Waals surface area contributed by atoms with E-state index in [4.69, 9.17) is 14.2 Å². The van der Waals surface area contributed by atoms with Crippen molar-refractivity contribution in [3.63, 3.8) is 0 Å². The van der Waals surface area contributed by atoms with E-state index < -0.39 is 0 Å². The summed E-state index contributed by atoms with van der Waals surface area (Å²) in [5.41, 5.74) is 2.43. The van der Waals surface area contributed by atoms with E-state index in [1.54, 1.807) is 21.3 Å². The molecule has 0 unspecified atom stereocenters. The first-order chi connectivity index (χ1) is 15.1. The molecule has 2 aromatic carbocycles. The summed E-state index contributed by atoms with van der Waals surface area (Å²) in [6, 6.07) is 14.3. The largest absolute Gasteiger partial charge is 0.497 e. The van der Waals surface area contributed by atoms with Gasteiger partial charge in [0.25, 0.3) is 0 Å². The van der Waals surface area contributed by atoms with Gasteiger partial charge in [-0.15, -0.1) is 0 Å². The van der Waals surface area contributed by atoms with Crippen LogP contribution in [0, 0.1) is 0 Å². The first kappa shape index (κ1) is 21.5. The van der Waals surface area contributed by atoms with Gasteiger partial charge in [0.05, 0.1) is 27.4 Å². The van der Waals surface area contributed by atoms with Crippen LogP contribution in [0.15, 0.2) is 42.5 Å². The zero-order chi connectivity index (χ0) is 21.8. The fourth-order valence-electron chi connectivity index (χ4n) is 4.84. The molecule has 1 amide bonds. The van der Waals surface area contributed by atoms with E-state index in [-0.39, 0.29) is 11.9 Å². The van der Waals surface area contributed by atoms with Crippen molar-refractivity contribution < 1.29 is 19.0 Å².